The van der Waals surface area contributed by atoms with E-state index in [4.69, 9.17) is 14.2 Å². The predicted molar refractivity (Wildman–Crippen MR) is 157 cm³/mol. The summed E-state index contributed by atoms with van der Waals surface area (Å²) in [5.41, 5.74) is 2.59. The van der Waals surface area contributed by atoms with Gasteiger partial charge in [-0.3, -0.25) is 0 Å². The summed E-state index contributed by atoms with van der Waals surface area (Å²) in [6.07, 6.45) is 0.582. The van der Waals surface area contributed by atoms with Crippen LogP contribution in [0.5, 0.6) is 0 Å². The Balaban J connectivity index is 0.000000416. The van der Waals surface area contributed by atoms with Gasteiger partial charge in [0.25, 0.3) is 0 Å². The molecule has 214 valence electrons. The molecule has 8 nitrogen and oxygen atoms in total. The van der Waals surface area contributed by atoms with Crippen LogP contribution in [0.25, 0.3) is 5.57 Å². The molecule has 0 fully saturated rings. The van der Waals surface area contributed by atoms with Gasteiger partial charge in [-0.1, -0.05) is 58.4 Å². The number of alkyl carbamates (subject to hydrolysis) is 2. The van der Waals surface area contributed by atoms with E-state index in [2.05, 4.69) is 26.6 Å². The minimum Gasteiger partial charge on any atom is -0.463 e. The number of nitrogens with one attached hydrogen (secondary N) is 2. The second kappa shape index (κ2) is 15.9. The molecule has 0 bridgehead atoms. The molecule has 0 spiro atoms. The van der Waals surface area contributed by atoms with Crippen molar-refractivity contribution < 1.29 is 28.6 Å². The number of rotatable bonds is 7. The van der Waals surface area contributed by atoms with Gasteiger partial charge in [-0.05, 0) is 83.7 Å². The summed E-state index contributed by atoms with van der Waals surface area (Å²) in [5, 5.41) is 5.43. The Morgan fingerprint density at radius 2 is 1.26 bits per heavy atom. The van der Waals surface area contributed by atoms with Gasteiger partial charge < -0.3 is 24.8 Å². The Hall–Kier alpha value is -3.33. The summed E-state index contributed by atoms with van der Waals surface area (Å²) in [6.45, 7) is 15.7. The first-order valence-corrected chi connectivity index (χ1v) is 13.5. The molecular weight excluding hydrogens is 564 g/mol. The molecule has 0 heterocycles. The van der Waals surface area contributed by atoms with Gasteiger partial charge in [0.15, 0.2) is 0 Å². The third kappa shape index (κ3) is 15.0. The molecule has 39 heavy (non-hydrogen) atoms. The van der Waals surface area contributed by atoms with Gasteiger partial charge in [-0.2, -0.15) is 0 Å². The Labute approximate surface area is 240 Å². The molecule has 0 aliphatic heterocycles. The maximum absolute atomic E-state index is 11.8. The first-order valence-electron chi connectivity index (χ1n) is 12.7. The highest BCUT2D eigenvalue weighted by molar-refractivity contribution is 9.10. The normalized spacial score (nSPS) is 11.5. The van der Waals surface area contributed by atoms with Crippen molar-refractivity contribution in [3.05, 3.63) is 75.8 Å². The molecule has 0 unspecified atom stereocenters. The van der Waals surface area contributed by atoms with Gasteiger partial charge >= 0.3 is 18.2 Å². The van der Waals surface area contributed by atoms with Crippen LogP contribution in [-0.4, -0.2) is 36.0 Å². The van der Waals surface area contributed by atoms with E-state index in [9.17, 15) is 14.4 Å². The lowest BCUT2D eigenvalue weighted by molar-refractivity contribution is -0.137. The molecule has 9 heteroatoms. The second-order valence-corrected chi connectivity index (χ2v) is 11.4. The molecule has 0 atom stereocenters. The number of benzene rings is 2. The quantitative estimate of drug-likeness (QED) is 0.197. The van der Waals surface area contributed by atoms with Crippen molar-refractivity contribution in [2.24, 2.45) is 0 Å². The van der Waals surface area contributed by atoms with Crippen LogP contribution in [0.4, 0.5) is 9.59 Å². The van der Waals surface area contributed by atoms with E-state index >= 15 is 0 Å². The van der Waals surface area contributed by atoms with Crippen molar-refractivity contribution in [3.8, 4) is 0 Å². The average molecular weight is 606 g/mol. The lowest BCUT2D eigenvalue weighted by Gasteiger charge is -2.20. The molecule has 2 N–H and O–H groups in total. The fraction of sp³-hybridized carbons (Fsp3) is 0.433. The molecule has 2 amide bonds. The van der Waals surface area contributed by atoms with E-state index in [-0.39, 0.29) is 5.97 Å². The van der Waals surface area contributed by atoms with Crippen LogP contribution in [0.1, 0.15) is 72.1 Å². The number of ether oxygens (including phenoxy) is 3. The Morgan fingerprint density at radius 1 is 0.795 bits per heavy atom. The number of esters is 1. The zero-order valence-corrected chi connectivity index (χ0v) is 25.7. The fourth-order valence-electron chi connectivity index (χ4n) is 3.10. The average Bonchev–Trinajstić information content (AvgIpc) is 2.81. The molecule has 0 aromatic heterocycles. The van der Waals surface area contributed by atoms with E-state index in [1.807, 2.05) is 97.0 Å². The molecule has 0 aliphatic carbocycles. The van der Waals surface area contributed by atoms with E-state index in [0.717, 1.165) is 26.7 Å². The third-order valence-corrected chi connectivity index (χ3v) is 5.44. The number of allylic oxidation sites excluding steroid dienone is 1. The maximum atomic E-state index is 11.8. The van der Waals surface area contributed by atoms with Crippen LogP contribution in [0, 0.1) is 0 Å². The van der Waals surface area contributed by atoms with E-state index in [1.54, 1.807) is 6.92 Å². The van der Waals surface area contributed by atoms with Crippen LogP contribution < -0.4 is 10.6 Å². The Bertz CT molecular complexity index is 1130. The highest BCUT2D eigenvalue weighted by atomic mass is 79.9. The molecule has 2 aromatic carbocycles. The Kier molecular flexibility index (Phi) is 13.8. The van der Waals surface area contributed by atoms with Gasteiger partial charge in [-0.15, -0.1) is 0 Å². The summed E-state index contributed by atoms with van der Waals surface area (Å²) in [7, 11) is 0. The van der Waals surface area contributed by atoms with Gasteiger partial charge in [0.2, 0.25) is 0 Å². The van der Waals surface area contributed by atoms with E-state index in [1.165, 1.54) is 6.08 Å². The number of carbonyl (C=O) groups excluding carboxylic acids is 3. The smallest absolute Gasteiger partial charge is 0.407 e. The standard InChI is InChI=1S/C18H25NO4.C12H16BrNO2/c1-6-22-16(20)11-13(2)15-10-8-7-9-14(15)12-19-17(21)23-18(3,4)5;1-12(2,3)16-11(15)14-8-9-6-4-5-7-10(9)13/h7-11H,6,12H2,1-5H3,(H,19,21);4-7H,8H2,1-3H3,(H,14,15). The summed E-state index contributed by atoms with van der Waals surface area (Å²) in [5.74, 6) is -0.375. The second-order valence-electron chi connectivity index (χ2n) is 10.5. The molecule has 0 saturated carbocycles. The van der Waals surface area contributed by atoms with Crippen molar-refractivity contribution in [2.75, 3.05) is 6.61 Å². The molecule has 2 aromatic rings. The minimum atomic E-state index is -0.538. The fourth-order valence-corrected chi connectivity index (χ4v) is 3.53. The van der Waals surface area contributed by atoms with Gasteiger partial charge in [0.1, 0.15) is 11.2 Å². The number of carbonyl (C=O) groups is 3. The topological polar surface area (TPSA) is 103 Å². The predicted octanol–water partition coefficient (Wildman–Crippen LogP) is 7.15. The zero-order valence-electron chi connectivity index (χ0n) is 24.1. The monoisotopic (exact) mass is 604 g/mol. The molecular formula is C30H41BrN2O6. The van der Waals surface area contributed by atoms with Crippen molar-refractivity contribution in [3.63, 3.8) is 0 Å². The zero-order chi connectivity index (χ0) is 29.6. The molecule has 0 aliphatic rings. The maximum Gasteiger partial charge on any atom is 0.407 e. The summed E-state index contributed by atoms with van der Waals surface area (Å²) in [4.78, 5) is 34.7. The number of hydrogen-bond donors (Lipinski definition) is 2. The highest BCUT2D eigenvalue weighted by Crippen LogP contribution is 2.19. The number of halogens is 1. The minimum absolute atomic E-state index is 0.319. The van der Waals surface area contributed by atoms with Crippen LogP contribution in [-0.2, 0) is 32.1 Å². The SMILES string of the molecule is CC(C)(C)OC(=O)NCc1ccccc1Br.CCOC(=O)C=C(C)c1ccccc1CNC(=O)OC(C)(C)C. The Morgan fingerprint density at radius 3 is 1.74 bits per heavy atom. The van der Waals surface area contributed by atoms with E-state index in [0.29, 0.717) is 19.7 Å². The van der Waals surface area contributed by atoms with Gasteiger partial charge in [0.05, 0.1) is 6.61 Å². The summed E-state index contributed by atoms with van der Waals surface area (Å²) in [6, 6.07) is 15.3. The largest absolute Gasteiger partial charge is 0.463 e. The van der Waals surface area contributed by atoms with Gasteiger partial charge in [0, 0.05) is 23.6 Å². The van der Waals surface area contributed by atoms with Crippen molar-refractivity contribution in [1.82, 2.24) is 10.6 Å². The van der Waals surface area contributed by atoms with Crippen LogP contribution in [0.15, 0.2) is 59.1 Å². The lowest BCUT2D eigenvalue weighted by Crippen LogP contribution is -2.32. The lowest BCUT2D eigenvalue weighted by atomic mass is 10.0. The molecule has 0 saturated heterocycles. The molecule has 0 radical (unpaired) electrons. The number of hydrogen-bond acceptors (Lipinski definition) is 6. The first-order chi connectivity index (χ1) is 18.1. The van der Waals surface area contributed by atoms with Gasteiger partial charge in [-0.25, -0.2) is 14.4 Å². The van der Waals surface area contributed by atoms with Crippen LogP contribution in [0.2, 0.25) is 0 Å². The number of amides is 2. The molecule has 2 rings (SSSR count). The van der Waals surface area contributed by atoms with E-state index < -0.39 is 23.4 Å². The van der Waals surface area contributed by atoms with Crippen molar-refractivity contribution in [1.29, 1.82) is 0 Å². The summed E-state index contributed by atoms with van der Waals surface area (Å²) >= 11 is 3.42. The van der Waals surface area contributed by atoms with Crippen LogP contribution in [0.3, 0.4) is 0 Å². The van der Waals surface area contributed by atoms with Crippen LogP contribution >= 0.6 is 15.9 Å². The van der Waals surface area contributed by atoms with Crippen molar-refractivity contribution >= 4 is 39.7 Å². The third-order valence-electron chi connectivity index (χ3n) is 4.67. The highest BCUT2D eigenvalue weighted by Gasteiger charge is 2.17. The van der Waals surface area contributed by atoms with Crippen molar-refractivity contribution in [2.45, 2.75) is 79.7 Å². The first kappa shape index (κ1) is 33.7. The summed E-state index contributed by atoms with van der Waals surface area (Å²) < 4.78 is 16.3.